The first-order valence-corrected chi connectivity index (χ1v) is 8.02. The van der Waals surface area contributed by atoms with Gasteiger partial charge >= 0.3 is 0 Å². The molecule has 0 heterocycles. The van der Waals surface area contributed by atoms with Gasteiger partial charge in [-0.05, 0) is 24.3 Å². The van der Waals surface area contributed by atoms with Crippen LogP contribution in [0.4, 0.5) is 5.69 Å². The van der Waals surface area contributed by atoms with Gasteiger partial charge in [-0.25, -0.2) is 0 Å². The molecule has 110 valence electrons. The molecule has 0 spiro atoms. The van der Waals surface area contributed by atoms with Gasteiger partial charge in [0.05, 0.1) is 15.7 Å². The van der Waals surface area contributed by atoms with Crippen LogP contribution in [-0.2, 0) is 0 Å². The molecule has 2 aromatic rings. The lowest BCUT2D eigenvalue weighted by Gasteiger charge is -2.08. The van der Waals surface area contributed by atoms with Crippen LogP contribution in [0.15, 0.2) is 47.4 Å². The van der Waals surface area contributed by atoms with Crippen LogP contribution in [-0.4, -0.2) is 18.2 Å². The van der Waals surface area contributed by atoms with E-state index in [9.17, 15) is 4.79 Å². The molecule has 3 N–H and O–H groups in total. The van der Waals surface area contributed by atoms with Crippen LogP contribution in [0.3, 0.4) is 0 Å². The van der Waals surface area contributed by atoms with E-state index >= 15 is 0 Å². The summed E-state index contributed by atoms with van der Waals surface area (Å²) in [6, 6.07) is 13.0. The van der Waals surface area contributed by atoms with E-state index in [-0.39, 0.29) is 21.6 Å². The Balaban J connectivity index is 1.85. The van der Waals surface area contributed by atoms with Gasteiger partial charge in [-0.15, -0.1) is 11.8 Å². The topological polar surface area (TPSA) is 55.1 Å². The summed E-state index contributed by atoms with van der Waals surface area (Å²) in [5.74, 6) is 0.569. The summed E-state index contributed by atoms with van der Waals surface area (Å²) in [5.41, 5.74) is 6.33. The summed E-state index contributed by atoms with van der Waals surface area (Å²) < 4.78 is 0. The monoisotopic (exact) mass is 340 g/mol. The first kappa shape index (κ1) is 16.0. The highest BCUT2D eigenvalue weighted by Crippen LogP contribution is 2.28. The van der Waals surface area contributed by atoms with E-state index in [1.807, 2.05) is 30.3 Å². The minimum Gasteiger partial charge on any atom is -0.396 e. The SMILES string of the molecule is Nc1c(Cl)cc(C(=O)NCCSc2ccccc2)cc1Cl. The largest absolute Gasteiger partial charge is 0.396 e. The fourth-order valence-electron chi connectivity index (χ4n) is 1.67. The Bertz CT molecular complexity index is 612. The molecule has 2 rings (SSSR count). The average Bonchev–Trinajstić information content (AvgIpc) is 2.49. The van der Waals surface area contributed by atoms with Gasteiger partial charge in [-0.2, -0.15) is 0 Å². The Morgan fingerprint density at radius 1 is 1.14 bits per heavy atom. The predicted molar refractivity (Wildman–Crippen MR) is 90.4 cm³/mol. The molecule has 0 atom stereocenters. The summed E-state index contributed by atoms with van der Waals surface area (Å²) in [6.07, 6.45) is 0. The fraction of sp³-hybridized carbons (Fsp3) is 0.133. The van der Waals surface area contributed by atoms with E-state index in [4.69, 9.17) is 28.9 Å². The number of rotatable bonds is 5. The highest BCUT2D eigenvalue weighted by molar-refractivity contribution is 7.99. The number of benzene rings is 2. The zero-order valence-corrected chi connectivity index (χ0v) is 13.4. The van der Waals surface area contributed by atoms with Gasteiger partial charge in [-0.1, -0.05) is 41.4 Å². The molecule has 0 aliphatic rings. The van der Waals surface area contributed by atoms with Crippen molar-refractivity contribution in [1.82, 2.24) is 5.32 Å². The lowest BCUT2D eigenvalue weighted by molar-refractivity contribution is 0.0956. The first-order valence-electron chi connectivity index (χ1n) is 6.28. The van der Waals surface area contributed by atoms with Crippen molar-refractivity contribution in [3.63, 3.8) is 0 Å². The van der Waals surface area contributed by atoms with E-state index in [0.717, 1.165) is 5.75 Å². The van der Waals surface area contributed by atoms with Crippen LogP contribution in [0.5, 0.6) is 0 Å². The number of amides is 1. The van der Waals surface area contributed by atoms with Crippen LogP contribution in [0, 0.1) is 0 Å². The van der Waals surface area contributed by atoms with E-state index in [2.05, 4.69) is 5.32 Å². The van der Waals surface area contributed by atoms with E-state index in [1.165, 1.54) is 17.0 Å². The predicted octanol–water partition coefficient (Wildman–Crippen LogP) is 4.10. The highest BCUT2D eigenvalue weighted by Gasteiger charge is 2.10. The molecule has 0 aromatic heterocycles. The summed E-state index contributed by atoms with van der Waals surface area (Å²) in [5, 5.41) is 3.39. The number of hydrogen-bond acceptors (Lipinski definition) is 3. The third-order valence-corrected chi connectivity index (χ3v) is 4.38. The number of thioether (sulfide) groups is 1. The maximum atomic E-state index is 12.0. The van der Waals surface area contributed by atoms with Gasteiger partial charge in [0.1, 0.15) is 0 Å². The molecular weight excluding hydrogens is 327 g/mol. The lowest BCUT2D eigenvalue weighted by atomic mass is 10.2. The Morgan fingerprint density at radius 2 is 1.76 bits per heavy atom. The summed E-state index contributed by atoms with van der Waals surface area (Å²) >= 11 is 13.5. The number of nitrogens with two attached hydrogens (primary N) is 1. The second-order valence-electron chi connectivity index (χ2n) is 4.27. The minimum atomic E-state index is -0.215. The normalized spacial score (nSPS) is 10.4. The summed E-state index contributed by atoms with van der Waals surface area (Å²) in [6.45, 7) is 0.554. The smallest absolute Gasteiger partial charge is 0.251 e. The number of carbonyl (C=O) groups excluding carboxylic acids is 1. The molecule has 6 heteroatoms. The van der Waals surface area contributed by atoms with Gasteiger partial charge in [0, 0.05) is 22.8 Å². The molecule has 21 heavy (non-hydrogen) atoms. The van der Waals surface area contributed by atoms with Crippen molar-refractivity contribution in [2.75, 3.05) is 18.0 Å². The molecule has 0 aliphatic carbocycles. The molecule has 3 nitrogen and oxygen atoms in total. The summed E-state index contributed by atoms with van der Waals surface area (Å²) in [4.78, 5) is 13.2. The number of carbonyl (C=O) groups is 1. The average molecular weight is 341 g/mol. The second-order valence-corrected chi connectivity index (χ2v) is 6.25. The van der Waals surface area contributed by atoms with Gasteiger partial charge in [0.2, 0.25) is 0 Å². The van der Waals surface area contributed by atoms with Crippen LogP contribution >= 0.6 is 35.0 Å². The minimum absolute atomic E-state index is 0.215. The van der Waals surface area contributed by atoms with Crippen molar-refractivity contribution in [2.45, 2.75) is 4.90 Å². The van der Waals surface area contributed by atoms with Gasteiger partial charge < -0.3 is 11.1 Å². The molecule has 0 saturated carbocycles. The lowest BCUT2D eigenvalue weighted by Crippen LogP contribution is -2.25. The van der Waals surface area contributed by atoms with Crippen LogP contribution < -0.4 is 11.1 Å². The Morgan fingerprint density at radius 3 is 2.38 bits per heavy atom. The number of halogens is 2. The second kappa shape index (κ2) is 7.59. The number of hydrogen-bond donors (Lipinski definition) is 2. The van der Waals surface area contributed by atoms with Crippen molar-refractivity contribution in [3.05, 3.63) is 58.1 Å². The molecule has 0 bridgehead atoms. The third-order valence-electron chi connectivity index (χ3n) is 2.74. The Hall–Kier alpha value is -1.36. The molecule has 0 saturated heterocycles. The van der Waals surface area contributed by atoms with Crippen molar-refractivity contribution in [2.24, 2.45) is 0 Å². The maximum Gasteiger partial charge on any atom is 0.251 e. The van der Waals surface area contributed by atoms with E-state index in [1.54, 1.807) is 11.8 Å². The van der Waals surface area contributed by atoms with Gasteiger partial charge in [-0.3, -0.25) is 4.79 Å². The molecule has 0 aliphatic heterocycles. The zero-order valence-electron chi connectivity index (χ0n) is 11.1. The third kappa shape index (κ3) is 4.56. The Kier molecular flexibility index (Phi) is 5.79. The Labute approximate surface area is 137 Å². The number of nitrogen functional groups attached to an aromatic ring is 1. The molecular formula is C15H14Cl2N2OS. The molecule has 1 amide bonds. The zero-order chi connectivity index (χ0) is 15.2. The van der Waals surface area contributed by atoms with Crippen molar-refractivity contribution < 1.29 is 4.79 Å². The van der Waals surface area contributed by atoms with Crippen LogP contribution in [0.2, 0.25) is 10.0 Å². The van der Waals surface area contributed by atoms with Gasteiger partial charge in [0.15, 0.2) is 0 Å². The van der Waals surface area contributed by atoms with Crippen LogP contribution in [0.1, 0.15) is 10.4 Å². The molecule has 0 fully saturated rings. The standard InChI is InChI=1S/C15H14Cl2N2OS/c16-12-8-10(9-13(17)14(12)18)15(20)19-6-7-21-11-4-2-1-3-5-11/h1-5,8-9H,6-7,18H2,(H,19,20). The van der Waals surface area contributed by atoms with Gasteiger partial charge in [0.25, 0.3) is 5.91 Å². The summed E-state index contributed by atoms with van der Waals surface area (Å²) in [7, 11) is 0. The number of nitrogens with one attached hydrogen (secondary N) is 1. The maximum absolute atomic E-state index is 12.0. The highest BCUT2D eigenvalue weighted by atomic mass is 35.5. The van der Waals surface area contributed by atoms with Crippen LogP contribution in [0.25, 0.3) is 0 Å². The quantitative estimate of drug-likeness (QED) is 0.489. The van der Waals surface area contributed by atoms with Crippen molar-refractivity contribution in [1.29, 1.82) is 0 Å². The molecule has 0 radical (unpaired) electrons. The van der Waals surface area contributed by atoms with E-state index < -0.39 is 0 Å². The molecule has 2 aromatic carbocycles. The number of anilines is 1. The fourth-order valence-corrected chi connectivity index (χ4v) is 2.94. The van der Waals surface area contributed by atoms with Crippen molar-refractivity contribution >= 4 is 46.6 Å². The van der Waals surface area contributed by atoms with E-state index in [0.29, 0.717) is 12.1 Å². The first-order chi connectivity index (χ1) is 10.1. The molecule has 0 unspecified atom stereocenters. The van der Waals surface area contributed by atoms with Crippen molar-refractivity contribution in [3.8, 4) is 0 Å².